The number of nitrogens with two attached hydrogens (primary N) is 1. The summed E-state index contributed by atoms with van der Waals surface area (Å²) in [5.41, 5.74) is 4.50. The summed E-state index contributed by atoms with van der Waals surface area (Å²) in [7, 11) is -3.52. The van der Waals surface area contributed by atoms with Crippen molar-refractivity contribution in [3.63, 3.8) is 0 Å². The average molecular weight is 364 g/mol. The van der Waals surface area contributed by atoms with Gasteiger partial charge in [-0.1, -0.05) is 0 Å². The van der Waals surface area contributed by atoms with Crippen LogP contribution in [0.3, 0.4) is 0 Å². The molecule has 1 amide bonds. The minimum absolute atomic E-state index is 0.279. The highest BCUT2D eigenvalue weighted by molar-refractivity contribution is 7.47. The molecule has 11 nitrogen and oxygen atoms in total. The summed E-state index contributed by atoms with van der Waals surface area (Å²) in [6, 6.07) is 1.11. The van der Waals surface area contributed by atoms with Crippen molar-refractivity contribution in [2.45, 2.75) is 18.3 Å². The van der Waals surface area contributed by atoms with Gasteiger partial charge in [-0.2, -0.15) is 0 Å². The lowest BCUT2D eigenvalue weighted by molar-refractivity contribution is -0.0641. The number of aliphatic hydroxyl groups excluding tert-OH is 3. The Kier molecular flexibility index (Phi) is 7.11. The molecule has 0 bridgehead atoms. The molecule has 0 fully saturated rings. The summed E-state index contributed by atoms with van der Waals surface area (Å²) in [5.74, 6) is -2.07. The third-order valence-corrected chi connectivity index (χ3v) is 3.91. The summed E-state index contributed by atoms with van der Waals surface area (Å²) in [6.45, 7) is -0.897. The molecule has 0 spiro atoms. The Morgan fingerprint density at radius 1 is 1.33 bits per heavy atom. The number of carbonyl (C=O) groups excluding carboxylic acids is 2. The van der Waals surface area contributed by atoms with Crippen molar-refractivity contribution in [2.75, 3.05) is 13.7 Å². The van der Waals surface area contributed by atoms with Gasteiger partial charge < -0.3 is 25.9 Å². The van der Waals surface area contributed by atoms with Gasteiger partial charge in [0.15, 0.2) is 5.78 Å². The first-order valence-electron chi connectivity index (χ1n) is 6.46. The predicted octanol–water partition coefficient (Wildman–Crippen LogP) is -1.79. The van der Waals surface area contributed by atoms with Gasteiger partial charge in [0.25, 0.3) is 5.91 Å². The fourth-order valence-electron chi connectivity index (χ4n) is 1.65. The highest BCUT2D eigenvalue weighted by Crippen LogP contribution is 2.42. The van der Waals surface area contributed by atoms with Crippen LogP contribution < -0.4 is 5.73 Å². The minimum atomic E-state index is -4.41. The largest absolute Gasteiger partial charge is 0.472 e. The number of ketones is 1. The number of amides is 1. The Balaban J connectivity index is 2.85. The number of hydrogen-bond donors (Lipinski definition) is 5. The summed E-state index contributed by atoms with van der Waals surface area (Å²) in [4.78, 5) is 36.0. The summed E-state index contributed by atoms with van der Waals surface area (Å²) in [5, 5.41) is 29.3. The van der Waals surface area contributed by atoms with Crippen LogP contribution in [0.4, 0.5) is 0 Å². The normalized spacial score (nSPS) is 17.5. The maximum Gasteiger partial charge on any atom is 0.472 e. The van der Waals surface area contributed by atoms with Gasteiger partial charge in [-0.15, -0.1) is 0 Å². The predicted molar refractivity (Wildman–Crippen MR) is 77.9 cm³/mol. The van der Waals surface area contributed by atoms with Crippen LogP contribution in [0.1, 0.15) is 20.7 Å². The zero-order valence-electron chi connectivity index (χ0n) is 12.5. The maximum absolute atomic E-state index is 12.1. The van der Waals surface area contributed by atoms with Crippen molar-refractivity contribution in [3.8, 4) is 0 Å². The number of primary amides is 1. The Morgan fingerprint density at radius 2 is 1.96 bits per heavy atom. The zero-order chi connectivity index (χ0) is 18.5. The number of pyridine rings is 1. The number of nitrogens with zero attached hydrogens (tertiary/aromatic N) is 1. The molecule has 0 saturated carbocycles. The second-order valence-electron chi connectivity index (χ2n) is 4.60. The number of aliphatic hydroxyl groups is 3. The Labute approximate surface area is 136 Å². The van der Waals surface area contributed by atoms with Gasteiger partial charge in [-0.25, -0.2) is 4.57 Å². The van der Waals surface area contributed by atoms with Gasteiger partial charge >= 0.3 is 7.82 Å². The molecule has 12 heteroatoms. The van der Waals surface area contributed by atoms with E-state index in [0.717, 1.165) is 19.4 Å². The molecule has 0 aliphatic heterocycles. The molecule has 1 unspecified atom stereocenters. The molecule has 134 valence electrons. The highest BCUT2D eigenvalue weighted by Gasteiger charge is 2.34. The monoisotopic (exact) mass is 364 g/mol. The molecule has 0 radical (unpaired) electrons. The van der Waals surface area contributed by atoms with Crippen molar-refractivity contribution in [3.05, 3.63) is 29.6 Å². The minimum Gasteiger partial charge on any atom is -0.388 e. The fraction of sp³-hybridized carbons (Fsp3) is 0.417. The number of carbonyl (C=O) groups is 2. The first-order chi connectivity index (χ1) is 11.1. The van der Waals surface area contributed by atoms with E-state index in [2.05, 4.69) is 14.0 Å². The van der Waals surface area contributed by atoms with Gasteiger partial charge in [0.1, 0.15) is 18.3 Å². The van der Waals surface area contributed by atoms with Crippen LogP contribution in [0, 0.1) is 0 Å². The number of rotatable bonds is 9. The molecule has 24 heavy (non-hydrogen) atoms. The second kappa shape index (κ2) is 8.40. The first-order valence-corrected chi connectivity index (χ1v) is 7.95. The van der Waals surface area contributed by atoms with Crippen molar-refractivity contribution >= 4 is 19.5 Å². The molecule has 0 aliphatic rings. The van der Waals surface area contributed by atoms with Gasteiger partial charge in [0.05, 0.1) is 12.2 Å². The van der Waals surface area contributed by atoms with Crippen molar-refractivity contribution in [2.24, 2.45) is 5.73 Å². The number of Topliss-reactive ketones (excluding diaryl/α,β-unsaturated/α-hetero) is 1. The van der Waals surface area contributed by atoms with Crippen molar-refractivity contribution < 1.29 is 43.4 Å². The fourth-order valence-corrected chi connectivity index (χ4v) is 2.10. The van der Waals surface area contributed by atoms with E-state index in [1.54, 1.807) is 0 Å². The van der Waals surface area contributed by atoms with Crippen LogP contribution in [0.5, 0.6) is 0 Å². The van der Waals surface area contributed by atoms with E-state index in [9.17, 15) is 29.5 Å². The van der Waals surface area contributed by atoms with Gasteiger partial charge in [0, 0.05) is 25.1 Å². The van der Waals surface area contributed by atoms with Crippen LogP contribution in [-0.4, -0.2) is 68.9 Å². The Hall–Kier alpha value is -1.72. The van der Waals surface area contributed by atoms with E-state index in [1.807, 2.05) is 0 Å². The van der Waals surface area contributed by atoms with Crippen LogP contribution >= 0.6 is 7.82 Å². The second-order valence-corrected chi connectivity index (χ2v) is 6.16. The van der Waals surface area contributed by atoms with Crippen LogP contribution in [0.15, 0.2) is 18.5 Å². The molecule has 6 N–H and O–H groups in total. The number of phosphoric acid groups is 1. The molecule has 0 aliphatic carbocycles. The number of aromatic nitrogens is 1. The SMILES string of the molecule is COP(=O)(O)OC[C@@H](O)[C@@H](O)[C@@H](O)C(=O)c1ccncc1C(N)=O. The maximum atomic E-state index is 12.1. The first kappa shape index (κ1) is 20.3. The van der Waals surface area contributed by atoms with E-state index in [1.165, 1.54) is 6.20 Å². The van der Waals surface area contributed by atoms with E-state index in [0.29, 0.717) is 0 Å². The lowest BCUT2D eigenvalue weighted by Crippen LogP contribution is -2.44. The molecule has 1 rings (SSSR count). The van der Waals surface area contributed by atoms with Gasteiger partial charge in [0.2, 0.25) is 0 Å². The summed E-state index contributed by atoms with van der Waals surface area (Å²) in [6.07, 6.45) is -3.93. The van der Waals surface area contributed by atoms with Gasteiger partial charge in [-0.3, -0.25) is 23.6 Å². The summed E-state index contributed by atoms with van der Waals surface area (Å²) >= 11 is 0. The smallest absolute Gasteiger partial charge is 0.388 e. The van der Waals surface area contributed by atoms with E-state index in [-0.39, 0.29) is 11.1 Å². The molecule has 1 heterocycles. The van der Waals surface area contributed by atoms with Crippen molar-refractivity contribution in [1.82, 2.24) is 4.98 Å². The Bertz CT molecular complexity index is 653. The third kappa shape index (κ3) is 5.14. The summed E-state index contributed by atoms with van der Waals surface area (Å²) < 4.78 is 19.5. The molecule has 0 saturated heterocycles. The molecular weight excluding hydrogens is 347 g/mol. The number of phosphoric ester groups is 1. The van der Waals surface area contributed by atoms with Gasteiger partial charge in [-0.05, 0) is 6.07 Å². The standard InChI is InChI=1S/C12H17N2O9P/c1-22-24(20,21)23-5-8(15)10(17)11(18)9(16)6-2-3-14-4-7(6)12(13)19/h2-4,8,10-11,15,17-18H,5H2,1H3,(H2,13,19)(H,20,21)/t8-,10-,11+/m1/s1. The van der Waals surface area contributed by atoms with E-state index >= 15 is 0 Å². The van der Waals surface area contributed by atoms with E-state index in [4.69, 9.17) is 10.6 Å². The van der Waals surface area contributed by atoms with E-state index < -0.39 is 44.4 Å². The topological polar surface area (TPSA) is 190 Å². The Morgan fingerprint density at radius 3 is 2.50 bits per heavy atom. The molecular formula is C12H17N2O9P. The molecule has 0 aromatic carbocycles. The zero-order valence-corrected chi connectivity index (χ0v) is 13.4. The van der Waals surface area contributed by atoms with Crippen molar-refractivity contribution in [1.29, 1.82) is 0 Å². The highest BCUT2D eigenvalue weighted by atomic mass is 31.2. The molecule has 4 atom stereocenters. The quantitative estimate of drug-likeness (QED) is 0.247. The third-order valence-electron chi connectivity index (χ3n) is 2.98. The van der Waals surface area contributed by atoms with Crippen LogP contribution in [-0.2, 0) is 13.6 Å². The lowest BCUT2D eigenvalue weighted by atomic mass is 9.96. The average Bonchev–Trinajstić information content (AvgIpc) is 2.57. The lowest BCUT2D eigenvalue weighted by Gasteiger charge is -2.22. The molecule has 1 aromatic rings. The number of hydrogen-bond acceptors (Lipinski definition) is 9. The van der Waals surface area contributed by atoms with Crippen LogP contribution in [0.25, 0.3) is 0 Å². The molecule has 1 aromatic heterocycles. The van der Waals surface area contributed by atoms with Crippen LogP contribution in [0.2, 0.25) is 0 Å².